The van der Waals surface area contributed by atoms with E-state index in [4.69, 9.17) is 21.1 Å². The van der Waals surface area contributed by atoms with Crippen LogP contribution in [0.2, 0.25) is 5.02 Å². The lowest BCUT2D eigenvalue weighted by atomic mass is 9.63. The highest BCUT2D eigenvalue weighted by Crippen LogP contribution is 2.47. The highest BCUT2D eigenvalue weighted by molar-refractivity contribution is 7.84. The van der Waals surface area contributed by atoms with Crippen LogP contribution in [0.25, 0.3) is 0 Å². The number of rotatable bonds is 6. The van der Waals surface area contributed by atoms with E-state index in [1.54, 1.807) is 13.2 Å². The molecule has 1 saturated carbocycles. The average molecular weight is 789 g/mol. The third kappa shape index (κ3) is 9.68. The second-order valence-electron chi connectivity index (χ2n) is 16.1. The number of amides is 1. The molecule has 2 bridgehead atoms. The molecule has 3 aliphatic heterocycles. The Labute approximate surface area is 328 Å². The van der Waals surface area contributed by atoms with Gasteiger partial charge in [0, 0.05) is 75.7 Å². The van der Waals surface area contributed by atoms with Gasteiger partial charge in [-0.15, -0.1) is 0 Å². The fourth-order valence-corrected chi connectivity index (χ4v) is 10.0. The predicted molar refractivity (Wildman–Crippen MR) is 214 cm³/mol. The Morgan fingerprint density at radius 3 is 2.67 bits per heavy atom. The van der Waals surface area contributed by atoms with Gasteiger partial charge in [-0.25, -0.2) is 13.0 Å². The van der Waals surface area contributed by atoms with Gasteiger partial charge < -0.3 is 19.7 Å². The number of fused-ring (bicyclic) bond motifs is 2. The van der Waals surface area contributed by atoms with Gasteiger partial charge in [0.05, 0.1) is 17.5 Å². The van der Waals surface area contributed by atoms with Crippen molar-refractivity contribution in [3.8, 4) is 5.75 Å². The number of aryl methyl sites for hydroxylation is 1. The summed E-state index contributed by atoms with van der Waals surface area (Å²) in [6.07, 6.45) is 9.11. The number of methoxy groups -OCH3 is 1. The number of benzene rings is 2. The second-order valence-corrected chi connectivity index (χ2v) is 18.1. The maximum atomic E-state index is 14.6. The average Bonchev–Trinajstić information content (AvgIpc) is 3.31. The summed E-state index contributed by atoms with van der Waals surface area (Å²) < 4.78 is 58.6. The van der Waals surface area contributed by atoms with E-state index in [9.17, 15) is 17.8 Å². The monoisotopic (exact) mass is 788 g/mol. The number of allylic oxidation sites excluding steroid dienone is 1. The van der Waals surface area contributed by atoms with Crippen molar-refractivity contribution in [2.75, 3.05) is 64.4 Å². The topological polar surface area (TPSA) is 83.1 Å². The molecule has 298 valence electrons. The number of hydrogen-bond acceptors (Lipinski definition) is 7. The minimum Gasteiger partial charge on any atom is -0.491 e. The van der Waals surface area contributed by atoms with Crippen LogP contribution in [0.4, 0.5) is 14.5 Å². The van der Waals surface area contributed by atoms with Crippen molar-refractivity contribution in [3.63, 3.8) is 0 Å². The van der Waals surface area contributed by atoms with Crippen LogP contribution in [-0.4, -0.2) is 91.3 Å². The van der Waals surface area contributed by atoms with Crippen molar-refractivity contribution in [3.05, 3.63) is 70.3 Å². The third-order valence-electron chi connectivity index (χ3n) is 12.4. The Balaban J connectivity index is 1.38. The van der Waals surface area contributed by atoms with Gasteiger partial charge in [-0.1, -0.05) is 50.1 Å². The smallest absolute Gasteiger partial charge is 0.263 e. The molecule has 4 aliphatic rings. The highest BCUT2D eigenvalue weighted by Gasteiger charge is 2.48. The Hall–Kier alpha value is -2.57. The number of halogens is 3. The van der Waals surface area contributed by atoms with E-state index in [0.717, 1.165) is 55.2 Å². The normalized spacial score (nSPS) is 31.9. The van der Waals surface area contributed by atoms with Crippen molar-refractivity contribution in [1.82, 2.24) is 14.9 Å². The number of alkyl halides is 2. The SMILES string of the molecule is CCCc1cc(Cl)ccc1C1COc2ccc3cc2N(C1)CC1CCC1C(CN1CCCC(F)(F)CCNCC1)(OC)/C=C/CC(C)C(C)S(=O)NC3=O. The van der Waals surface area contributed by atoms with Crippen molar-refractivity contribution in [1.29, 1.82) is 0 Å². The van der Waals surface area contributed by atoms with Crippen molar-refractivity contribution in [2.45, 2.75) is 94.8 Å². The van der Waals surface area contributed by atoms with E-state index in [2.05, 4.69) is 58.0 Å². The first-order chi connectivity index (χ1) is 25.9. The van der Waals surface area contributed by atoms with Gasteiger partial charge in [-0.2, -0.15) is 0 Å². The number of ether oxygens (including phenoxy) is 2. The lowest BCUT2D eigenvalue weighted by Crippen LogP contribution is -2.57. The summed E-state index contributed by atoms with van der Waals surface area (Å²) >= 11 is 6.49. The molecule has 2 N–H and O–H groups in total. The zero-order chi connectivity index (χ0) is 38.5. The van der Waals surface area contributed by atoms with Crippen LogP contribution in [0.3, 0.4) is 0 Å². The van der Waals surface area contributed by atoms with Crippen LogP contribution in [0.5, 0.6) is 5.75 Å². The number of nitrogens with one attached hydrogen (secondary N) is 2. The minimum atomic E-state index is -2.67. The third-order valence-corrected chi connectivity index (χ3v) is 14.1. The van der Waals surface area contributed by atoms with Gasteiger partial charge in [-0.05, 0) is 105 Å². The first-order valence-electron chi connectivity index (χ1n) is 20.0. The maximum absolute atomic E-state index is 14.6. The van der Waals surface area contributed by atoms with Crippen LogP contribution in [-0.2, 0) is 22.1 Å². The zero-order valence-corrected chi connectivity index (χ0v) is 34.0. The molecule has 2 fully saturated rings. The molecule has 2 aromatic rings. The van der Waals surface area contributed by atoms with Gasteiger partial charge in [0.25, 0.3) is 5.91 Å². The molecule has 0 spiro atoms. The van der Waals surface area contributed by atoms with E-state index in [1.165, 1.54) is 11.1 Å². The first-order valence-corrected chi connectivity index (χ1v) is 21.6. The van der Waals surface area contributed by atoms with E-state index >= 15 is 0 Å². The first kappa shape index (κ1) is 41.1. The fourth-order valence-electron chi connectivity index (χ4n) is 8.81. The molecule has 1 amide bonds. The molecule has 7 unspecified atom stereocenters. The van der Waals surface area contributed by atoms with Crippen molar-refractivity contribution >= 4 is 34.2 Å². The summed E-state index contributed by atoms with van der Waals surface area (Å²) in [5.41, 5.74) is 3.09. The number of nitrogens with zero attached hydrogens (tertiary/aromatic N) is 2. The highest BCUT2D eigenvalue weighted by atomic mass is 35.5. The molecule has 0 aromatic heterocycles. The fraction of sp³-hybridized carbons (Fsp3) is 0.643. The molecule has 8 nitrogen and oxygen atoms in total. The predicted octanol–water partition coefficient (Wildman–Crippen LogP) is 7.78. The van der Waals surface area contributed by atoms with E-state index in [-0.39, 0.29) is 47.7 Å². The summed E-state index contributed by atoms with van der Waals surface area (Å²) in [7, 11) is 0.179. The molecule has 12 heteroatoms. The lowest BCUT2D eigenvalue weighted by molar-refractivity contribution is -0.0928. The molecule has 7 atom stereocenters. The molecular weight excluding hydrogens is 730 g/mol. The molecule has 2 aromatic carbocycles. The molecular formula is C42H59ClF2N4O4S. The lowest BCUT2D eigenvalue weighted by Gasteiger charge is -2.51. The van der Waals surface area contributed by atoms with Crippen molar-refractivity contribution < 1.29 is 27.3 Å². The Morgan fingerprint density at radius 1 is 1.07 bits per heavy atom. The van der Waals surface area contributed by atoms with Crippen LogP contribution < -0.4 is 19.7 Å². The van der Waals surface area contributed by atoms with Gasteiger partial charge in [0.15, 0.2) is 0 Å². The van der Waals surface area contributed by atoms with E-state index in [1.807, 2.05) is 25.1 Å². The summed E-state index contributed by atoms with van der Waals surface area (Å²) in [6.45, 7) is 10.9. The molecule has 1 aliphatic carbocycles. The Kier molecular flexibility index (Phi) is 13.8. The van der Waals surface area contributed by atoms with Crippen LogP contribution >= 0.6 is 11.6 Å². The molecule has 1 saturated heterocycles. The van der Waals surface area contributed by atoms with Gasteiger partial charge in [0.2, 0.25) is 5.92 Å². The van der Waals surface area contributed by atoms with Crippen LogP contribution in [0, 0.1) is 17.8 Å². The van der Waals surface area contributed by atoms with E-state index in [0.29, 0.717) is 57.7 Å². The van der Waals surface area contributed by atoms with Crippen molar-refractivity contribution in [2.24, 2.45) is 17.8 Å². The number of carbonyl (C=O) groups excluding carboxylic acids is 1. The molecule has 6 rings (SSSR count). The van der Waals surface area contributed by atoms with Gasteiger partial charge in [-0.3, -0.25) is 14.4 Å². The van der Waals surface area contributed by atoms with Gasteiger partial charge in [0.1, 0.15) is 22.3 Å². The summed E-state index contributed by atoms with van der Waals surface area (Å²) in [5.74, 6) is -1.82. The Morgan fingerprint density at radius 2 is 1.91 bits per heavy atom. The molecule has 0 radical (unpaired) electrons. The number of hydrogen-bond donors (Lipinski definition) is 2. The minimum absolute atomic E-state index is 0.0146. The number of carbonyl (C=O) groups is 1. The summed E-state index contributed by atoms with van der Waals surface area (Å²) in [6, 6.07) is 11.7. The van der Waals surface area contributed by atoms with E-state index < -0.39 is 22.5 Å². The van der Waals surface area contributed by atoms with Crippen LogP contribution in [0.1, 0.15) is 93.1 Å². The standard InChI is InChI=1S/C42H59ClF2N4O4S/c1-5-8-31-23-35(43)12-13-36(31)34-26-49-25-33-10-14-37(33)41(52-4,28-48-21-7-17-42(44,45)18-19-46-20-22-48)16-6-9-29(2)30(3)54(51)47-40(50)32-11-15-39(53-27-34)38(49)24-32/h6,11-13,15-16,23-24,29-30,33-34,37,46H,5,7-10,14,17-22,25-28H2,1-4H3,(H,47,50)/b16-6+. The quantitative estimate of drug-likeness (QED) is 0.290. The van der Waals surface area contributed by atoms with Gasteiger partial charge >= 0.3 is 0 Å². The number of anilines is 1. The summed E-state index contributed by atoms with van der Waals surface area (Å²) in [5, 5.41) is 3.66. The molecule has 3 heterocycles. The maximum Gasteiger partial charge on any atom is 0.263 e. The Bertz CT molecular complexity index is 1660. The second kappa shape index (κ2) is 18.1. The zero-order valence-electron chi connectivity index (χ0n) is 32.4. The molecule has 54 heavy (non-hydrogen) atoms. The largest absolute Gasteiger partial charge is 0.491 e. The van der Waals surface area contributed by atoms with Crippen LogP contribution in [0.15, 0.2) is 48.6 Å². The summed E-state index contributed by atoms with van der Waals surface area (Å²) in [4.78, 5) is 18.3.